The number of nitrogens with two attached hydrogens (primary N) is 1. The number of carbonyl (C=O) groups excluding carboxylic acids is 1. The van der Waals surface area contributed by atoms with Gasteiger partial charge >= 0.3 is 0 Å². The van der Waals surface area contributed by atoms with Crippen LogP contribution in [0.3, 0.4) is 0 Å². The van der Waals surface area contributed by atoms with Gasteiger partial charge in [-0.2, -0.15) is 0 Å². The lowest BCUT2D eigenvalue weighted by Gasteiger charge is -2.30. The Morgan fingerprint density at radius 2 is 1.82 bits per heavy atom. The molecule has 0 aromatic carbocycles. The van der Waals surface area contributed by atoms with Gasteiger partial charge in [-0.1, -0.05) is 13.8 Å². The second-order valence-corrected chi connectivity index (χ2v) is 6.15. The molecular weight excluding hydrogens is 216 g/mol. The maximum atomic E-state index is 11.8. The molecule has 0 aromatic rings. The van der Waals surface area contributed by atoms with E-state index in [1.54, 1.807) is 6.92 Å². The molecule has 0 rings (SSSR count). The van der Waals surface area contributed by atoms with E-state index in [4.69, 9.17) is 5.73 Å². The third-order valence-electron chi connectivity index (χ3n) is 3.36. The van der Waals surface area contributed by atoms with Gasteiger partial charge in [0.2, 0.25) is 5.91 Å². The minimum absolute atomic E-state index is 0.0130. The Hall–Kier alpha value is -0.610. The lowest BCUT2D eigenvalue weighted by molar-refractivity contribution is -0.124. The Bertz CT molecular complexity index is 248. The molecule has 4 heteroatoms. The smallest absolute Gasteiger partial charge is 0.220 e. The number of hydrogen-bond acceptors (Lipinski definition) is 3. The summed E-state index contributed by atoms with van der Waals surface area (Å²) in [6.45, 7) is 10.2. The predicted molar refractivity (Wildman–Crippen MR) is 70.6 cm³/mol. The Morgan fingerprint density at radius 1 is 1.29 bits per heavy atom. The Balaban J connectivity index is 4.12. The monoisotopic (exact) mass is 244 g/mol. The summed E-state index contributed by atoms with van der Waals surface area (Å²) in [5.41, 5.74) is 5.05. The summed E-state index contributed by atoms with van der Waals surface area (Å²) in [4.78, 5) is 11.8. The first-order chi connectivity index (χ1) is 7.60. The molecule has 4 N–H and O–H groups in total. The van der Waals surface area contributed by atoms with Crippen LogP contribution in [0.5, 0.6) is 0 Å². The van der Waals surface area contributed by atoms with E-state index >= 15 is 0 Å². The fourth-order valence-corrected chi connectivity index (χ4v) is 1.49. The van der Waals surface area contributed by atoms with Gasteiger partial charge in [-0.3, -0.25) is 4.79 Å². The molecule has 17 heavy (non-hydrogen) atoms. The molecule has 0 aliphatic rings. The molecule has 0 saturated carbocycles. The van der Waals surface area contributed by atoms with Crippen LogP contribution in [0, 0.1) is 5.41 Å². The van der Waals surface area contributed by atoms with Crippen molar-refractivity contribution in [3.05, 3.63) is 0 Å². The number of nitrogens with one attached hydrogen (secondary N) is 1. The van der Waals surface area contributed by atoms with Crippen LogP contribution >= 0.6 is 0 Å². The largest absolute Gasteiger partial charge is 0.391 e. The zero-order valence-corrected chi connectivity index (χ0v) is 11.8. The van der Waals surface area contributed by atoms with Crippen molar-refractivity contribution in [1.82, 2.24) is 5.32 Å². The lowest BCUT2D eigenvalue weighted by Crippen LogP contribution is -2.51. The average molecular weight is 244 g/mol. The summed E-state index contributed by atoms with van der Waals surface area (Å²) in [7, 11) is 0. The van der Waals surface area contributed by atoms with Crippen LogP contribution < -0.4 is 11.1 Å². The second kappa shape index (κ2) is 6.36. The van der Waals surface area contributed by atoms with Crippen molar-refractivity contribution in [2.75, 3.05) is 6.54 Å². The molecular formula is C13H28N2O2. The molecule has 0 aromatic heterocycles. The third kappa shape index (κ3) is 6.64. The fourth-order valence-electron chi connectivity index (χ4n) is 1.49. The molecule has 1 unspecified atom stereocenters. The first kappa shape index (κ1) is 16.4. The van der Waals surface area contributed by atoms with Crippen molar-refractivity contribution in [3.8, 4) is 0 Å². The highest BCUT2D eigenvalue weighted by Crippen LogP contribution is 2.25. The Kier molecular flexibility index (Phi) is 6.13. The summed E-state index contributed by atoms with van der Waals surface area (Å²) < 4.78 is 0. The van der Waals surface area contributed by atoms with Gasteiger partial charge in [-0.05, 0) is 45.6 Å². The minimum Gasteiger partial charge on any atom is -0.391 e. The number of aliphatic hydroxyl groups is 1. The summed E-state index contributed by atoms with van der Waals surface area (Å²) in [6.07, 6.45) is 1.64. The standard InChI is InChI=1S/C13H28N2O2/c1-10(16)13(4,5)15-11(17)6-7-12(2,3)8-9-14/h10,16H,6-9,14H2,1-5H3,(H,15,17). The lowest BCUT2D eigenvalue weighted by atomic mass is 9.84. The molecule has 102 valence electrons. The number of amides is 1. The zero-order valence-electron chi connectivity index (χ0n) is 11.8. The molecule has 1 atom stereocenters. The summed E-state index contributed by atoms with van der Waals surface area (Å²) in [5, 5.41) is 12.4. The highest BCUT2D eigenvalue weighted by Gasteiger charge is 2.26. The molecule has 0 bridgehead atoms. The Labute approximate surface area is 105 Å². The van der Waals surface area contributed by atoms with E-state index in [2.05, 4.69) is 19.2 Å². The van der Waals surface area contributed by atoms with Gasteiger partial charge in [0.25, 0.3) is 0 Å². The van der Waals surface area contributed by atoms with Crippen molar-refractivity contribution >= 4 is 5.91 Å². The van der Waals surface area contributed by atoms with Crippen molar-refractivity contribution < 1.29 is 9.90 Å². The molecule has 0 fully saturated rings. The number of carbonyl (C=O) groups is 1. The van der Waals surface area contributed by atoms with E-state index < -0.39 is 11.6 Å². The van der Waals surface area contributed by atoms with Gasteiger partial charge in [0, 0.05) is 6.42 Å². The SMILES string of the molecule is CC(O)C(C)(C)NC(=O)CCC(C)(C)CCN. The van der Waals surface area contributed by atoms with E-state index in [0.717, 1.165) is 12.8 Å². The molecule has 0 spiro atoms. The summed E-state index contributed by atoms with van der Waals surface area (Å²) >= 11 is 0. The van der Waals surface area contributed by atoms with Crippen LogP contribution in [0.2, 0.25) is 0 Å². The number of hydrogen-bond donors (Lipinski definition) is 3. The summed E-state index contributed by atoms with van der Waals surface area (Å²) in [5.74, 6) is -0.0130. The third-order valence-corrected chi connectivity index (χ3v) is 3.36. The predicted octanol–water partition coefficient (Wildman–Crippen LogP) is 1.42. The molecule has 0 heterocycles. The zero-order chi connectivity index (χ0) is 13.7. The van der Waals surface area contributed by atoms with E-state index in [1.165, 1.54) is 0 Å². The fraction of sp³-hybridized carbons (Fsp3) is 0.923. The van der Waals surface area contributed by atoms with Crippen LogP contribution in [-0.2, 0) is 4.79 Å². The van der Waals surface area contributed by atoms with Gasteiger partial charge < -0.3 is 16.2 Å². The minimum atomic E-state index is -0.574. The van der Waals surface area contributed by atoms with Crippen LogP contribution in [0.1, 0.15) is 53.9 Å². The number of rotatable bonds is 7. The molecule has 0 radical (unpaired) electrons. The van der Waals surface area contributed by atoms with Gasteiger partial charge in [0.1, 0.15) is 0 Å². The maximum Gasteiger partial charge on any atom is 0.220 e. The first-order valence-corrected chi connectivity index (χ1v) is 6.30. The second-order valence-electron chi connectivity index (χ2n) is 6.15. The van der Waals surface area contributed by atoms with E-state index in [1.807, 2.05) is 13.8 Å². The van der Waals surface area contributed by atoms with Gasteiger partial charge in [0.05, 0.1) is 11.6 Å². The quantitative estimate of drug-likeness (QED) is 0.634. The van der Waals surface area contributed by atoms with Gasteiger partial charge in [-0.15, -0.1) is 0 Å². The van der Waals surface area contributed by atoms with E-state index in [0.29, 0.717) is 13.0 Å². The van der Waals surface area contributed by atoms with Crippen molar-refractivity contribution in [2.45, 2.75) is 65.5 Å². The van der Waals surface area contributed by atoms with Gasteiger partial charge in [-0.25, -0.2) is 0 Å². The average Bonchev–Trinajstić information content (AvgIpc) is 2.14. The van der Waals surface area contributed by atoms with E-state index in [9.17, 15) is 9.90 Å². The number of aliphatic hydroxyl groups excluding tert-OH is 1. The normalized spacial score (nSPS) is 14.5. The first-order valence-electron chi connectivity index (χ1n) is 6.30. The van der Waals surface area contributed by atoms with Crippen molar-refractivity contribution in [3.63, 3.8) is 0 Å². The molecule has 0 aliphatic heterocycles. The van der Waals surface area contributed by atoms with Crippen LogP contribution in [0.25, 0.3) is 0 Å². The van der Waals surface area contributed by atoms with E-state index in [-0.39, 0.29) is 11.3 Å². The summed E-state index contributed by atoms with van der Waals surface area (Å²) in [6, 6.07) is 0. The molecule has 4 nitrogen and oxygen atoms in total. The maximum absolute atomic E-state index is 11.8. The van der Waals surface area contributed by atoms with Gasteiger partial charge in [0.15, 0.2) is 0 Å². The van der Waals surface area contributed by atoms with Crippen molar-refractivity contribution in [2.24, 2.45) is 11.1 Å². The van der Waals surface area contributed by atoms with Crippen LogP contribution in [-0.4, -0.2) is 29.2 Å². The van der Waals surface area contributed by atoms with Crippen LogP contribution in [0.4, 0.5) is 0 Å². The Morgan fingerprint density at radius 3 is 2.24 bits per heavy atom. The highest BCUT2D eigenvalue weighted by atomic mass is 16.3. The van der Waals surface area contributed by atoms with Crippen molar-refractivity contribution in [1.29, 1.82) is 0 Å². The molecule has 1 amide bonds. The topological polar surface area (TPSA) is 75.3 Å². The molecule has 0 aliphatic carbocycles. The highest BCUT2D eigenvalue weighted by molar-refractivity contribution is 5.76. The molecule has 0 saturated heterocycles. The van der Waals surface area contributed by atoms with Crippen LogP contribution in [0.15, 0.2) is 0 Å².